The number of para-hydroxylation sites is 1. The van der Waals surface area contributed by atoms with Gasteiger partial charge in [0.25, 0.3) is 0 Å². The Hall–Kier alpha value is -2.33. The van der Waals surface area contributed by atoms with Crippen molar-refractivity contribution in [1.82, 2.24) is 4.98 Å². The van der Waals surface area contributed by atoms with Crippen LogP contribution >= 0.6 is 0 Å². The van der Waals surface area contributed by atoms with Gasteiger partial charge in [-0.25, -0.2) is 4.39 Å². The first-order valence-corrected chi connectivity index (χ1v) is 9.68. The second-order valence-electron chi connectivity index (χ2n) is 8.92. The van der Waals surface area contributed by atoms with Gasteiger partial charge in [-0.3, -0.25) is 0 Å². The Morgan fingerprint density at radius 3 is 2.67 bits per heavy atom. The summed E-state index contributed by atoms with van der Waals surface area (Å²) in [4.78, 5) is 3.24. The summed E-state index contributed by atoms with van der Waals surface area (Å²) in [5, 5.41) is 16.1. The summed E-state index contributed by atoms with van der Waals surface area (Å²) in [6, 6.07) is 11.5. The molecule has 0 saturated heterocycles. The highest BCUT2D eigenvalue weighted by Gasteiger charge is 2.62. The Labute approximate surface area is 158 Å². The number of hydrogen-bond acceptors (Lipinski definition) is 2. The molecule has 1 fully saturated rings. The minimum atomic E-state index is -0.861. The molecule has 2 atom stereocenters. The summed E-state index contributed by atoms with van der Waals surface area (Å²) in [7, 11) is 0. The van der Waals surface area contributed by atoms with Gasteiger partial charge in [-0.05, 0) is 62.3 Å². The minimum Gasteiger partial charge on any atom is -0.387 e. The average Bonchev–Trinajstić information content (AvgIpc) is 3.20. The first-order chi connectivity index (χ1) is 12.8. The summed E-state index contributed by atoms with van der Waals surface area (Å²) in [6.07, 6.45) is 4.50. The van der Waals surface area contributed by atoms with Gasteiger partial charge in [0.1, 0.15) is 5.82 Å². The molecule has 3 aromatic rings. The van der Waals surface area contributed by atoms with E-state index >= 15 is 4.39 Å². The standard InChI is InChI=1S/C23H25FN2O/c1-21(2)23(27)10-5-9-22(23,3)17-12-16(18(24)13-19(17)26-21)15-7-4-6-14-8-11-25-20(14)15/h4,6-8,11-13,25-27H,5,9-10H2,1-3H3. The Kier molecular flexibility index (Phi) is 3.20. The molecule has 3 N–H and O–H groups in total. The highest BCUT2D eigenvalue weighted by atomic mass is 19.1. The molecule has 0 bridgehead atoms. The number of halogens is 1. The molecular weight excluding hydrogens is 339 g/mol. The lowest BCUT2D eigenvalue weighted by Gasteiger charge is -2.55. The Morgan fingerprint density at radius 1 is 1.04 bits per heavy atom. The van der Waals surface area contributed by atoms with E-state index < -0.39 is 16.6 Å². The summed E-state index contributed by atoms with van der Waals surface area (Å²) in [6.45, 7) is 6.17. The molecule has 1 aliphatic heterocycles. The zero-order valence-corrected chi connectivity index (χ0v) is 16.0. The van der Waals surface area contributed by atoms with E-state index in [-0.39, 0.29) is 5.82 Å². The molecule has 2 aliphatic rings. The second kappa shape index (κ2) is 5.14. The van der Waals surface area contributed by atoms with Crippen molar-refractivity contribution in [3.63, 3.8) is 0 Å². The maximum atomic E-state index is 15.2. The smallest absolute Gasteiger partial charge is 0.133 e. The van der Waals surface area contributed by atoms with Crippen molar-refractivity contribution in [2.24, 2.45) is 0 Å². The number of aromatic amines is 1. The molecule has 2 heterocycles. The third kappa shape index (κ3) is 1.99. The lowest BCUT2D eigenvalue weighted by atomic mass is 9.60. The van der Waals surface area contributed by atoms with E-state index in [9.17, 15) is 5.11 Å². The number of aliphatic hydroxyl groups is 1. The number of rotatable bonds is 1. The second-order valence-corrected chi connectivity index (χ2v) is 8.92. The summed E-state index contributed by atoms with van der Waals surface area (Å²) >= 11 is 0. The molecule has 1 aromatic heterocycles. The number of fused-ring (bicyclic) bond motifs is 4. The highest BCUT2D eigenvalue weighted by molar-refractivity contribution is 5.94. The fourth-order valence-electron chi connectivity index (χ4n) is 5.63. The number of aromatic nitrogens is 1. The molecule has 3 nitrogen and oxygen atoms in total. The highest BCUT2D eigenvalue weighted by Crippen LogP contribution is 2.59. The molecule has 140 valence electrons. The van der Waals surface area contributed by atoms with Gasteiger partial charge < -0.3 is 15.4 Å². The summed E-state index contributed by atoms with van der Waals surface area (Å²) in [5.41, 5.74) is 2.41. The van der Waals surface area contributed by atoms with E-state index in [0.717, 1.165) is 47.0 Å². The SMILES string of the molecule is CC1(C)Nc2cc(F)c(-c3cccc4cc[nH]c34)cc2C2(C)CCCC12O. The van der Waals surface area contributed by atoms with Crippen LogP contribution in [0.25, 0.3) is 22.0 Å². The van der Waals surface area contributed by atoms with Gasteiger partial charge in [0.15, 0.2) is 0 Å². The van der Waals surface area contributed by atoms with Crippen LogP contribution in [0.4, 0.5) is 10.1 Å². The number of anilines is 1. The number of hydrogen-bond donors (Lipinski definition) is 3. The number of H-pyrrole nitrogens is 1. The average molecular weight is 364 g/mol. The fraction of sp³-hybridized carbons (Fsp3) is 0.391. The summed E-state index contributed by atoms with van der Waals surface area (Å²) < 4.78 is 15.2. The molecule has 0 radical (unpaired) electrons. The van der Waals surface area contributed by atoms with Crippen LogP contribution in [0.2, 0.25) is 0 Å². The molecule has 5 rings (SSSR count). The van der Waals surface area contributed by atoms with Crippen LogP contribution in [0.5, 0.6) is 0 Å². The molecule has 27 heavy (non-hydrogen) atoms. The maximum absolute atomic E-state index is 15.2. The lowest BCUT2D eigenvalue weighted by Crippen LogP contribution is -2.65. The summed E-state index contributed by atoms with van der Waals surface area (Å²) in [5.74, 6) is -0.244. The Bertz CT molecular complexity index is 1070. The van der Waals surface area contributed by atoms with Gasteiger partial charge in [0.2, 0.25) is 0 Å². The molecule has 2 unspecified atom stereocenters. The Morgan fingerprint density at radius 2 is 1.85 bits per heavy atom. The Balaban J connectivity index is 1.78. The third-order valence-corrected chi connectivity index (χ3v) is 7.19. The molecule has 1 aliphatic carbocycles. The van der Waals surface area contributed by atoms with Crippen molar-refractivity contribution in [3.8, 4) is 11.1 Å². The van der Waals surface area contributed by atoms with E-state index in [2.05, 4.69) is 17.2 Å². The van der Waals surface area contributed by atoms with Crippen LogP contribution in [0.3, 0.4) is 0 Å². The van der Waals surface area contributed by atoms with E-state index in [1.807, 2.05) is 50.4 Å². The minimum absolute atomic E-state index is 0.244. The van der Waals surface area contributed by atoms with Crippen LogP contribution in [-0.2, 0) is 5.41 Å². The monoisotopic (exact) mass is 364 g/mol. The van der Waals surface area contributed by atoms with Crippen LogP contribution in [-0.4, -0.2) is 21.2 Å². The number of nitrogens with one attached hydrogen (secondary N) is 2. The predicted octanol–water partition coefficient (Wildman–Crippen LogP) is 5.35. The van der Waals surface area contributed by atoms with Crippen LogP contribution in [0.15, 0.2) is 42.6 Å². The molecule has 2 aromatic carbocycles. The van der Waals surface area contributed by atoms with Gasteiger partial charge >= 0.3 is 0 Å². The van der Waals surface area contributed by atoms with Gasteiger partial charge in [0, 0.05) is 28.4 Å². The van der Waals surface area contributed by atoms with Crippen LogP contribution < -0.4 is 5.32 Å². The maximum Gasteiger partial charge on any atom is 0.133 e. The fourth-order valence-corrected chi connectivity index (χ4v) is 5.63. The van der Waals surface area contributed by atoms with Gasteiger partial charge in [0.05, 0.1) is 16.7 Å². The first-order valence-electron chi connectivity index (χ1n) is 9.68. The molecule has 1 saturated carbocycles. The molecular formula is C23H25FN2O. The van der Waals surface area contributed by atoms with Crippen molar-refractivity contribution < 1.29 is 9.50 Å². The number of benzene rings is 2. The van der Waals surface area contributed by atoms with Crippen molar-refractivity contribution in [1.29, 1.82) is 0 Å². The van der Waals surface area contributed by atoms with E-state index in [0.29, 0.717) is 5.56 Å². The topological polar surface area (TPSA) is 48.0 Å². The van der Waals surface area contributed by atoms with Crippen molar-refractivity contribution in [2.75, 3.05) is 5.32 Å². The van der Waals surface area contributed by atoms with Crippen LogP contribution in [0.1, 0.15) is 45.6 Å². The lowest BCUT2D eigenvalue weighted by molar-refractivity contribution is -0.0628. The van der Waals surface area contributed by atoms with Gasteiger partial charge in [-0.15, -0.1) is 0 Å². The van der Waals surface area contributed by atoms with Crippen molar-refractivity contribution in [3.05, 3.63) is 54.0 Å². The third-order valence-electron chi connectivity index (χ3n) is 7.19. The van der Waals surface area contributed by atoms with Gasteiger partial charge in [-0.1, -0.05) is 25.1 Å². The van der Waals surface area contributed by atoms with Gasteiger partial charge in [-0.2, -0.15) is 0 Å². The molecule has 0 spiro atoms. The van der Waals surface area contributed by atoms with E-state index in [1.54, 1.807) is 6.07 Å². The zero-order valence-electron chi connectivity index (χ0n) is 16.0. The predicted molar refractivity (Wildman–Crippen MR) is 108 cm³/mol. The zero-order chi connectivity index (χ0) is 19.0. The van der Waals surface area contributed by atoms with E-state index in [1.165, 1.54) is 0 Å². The normalized spacial score (nSPS) is 28.6. The molecule has 4 heteroatoms. The quantitative estimate of drug-likeness (QED) is 0.545. The van der Waals surface area contributed by atoms with Crippen molar-refractivity contribution in [2.45, 2.75) is 56.6 Å². The first kappa shape index (κ1) is 16.8. The molecule has 0 amide bonds. The largest absolute Gasteiger partial charge is 0.387 e. The van der Waals surface area contributed by atoms with Crippen molar-refractivity contribution >= 4 is 16.6 Å². The van der Waals surface area contributed by atoms with E-state index in [4.69, 9.17) is 0 Å². The van der Waals surface area contributed by atoms with Crippen LogP contribution in [0, 0.1) is 5.82 Å².